The summed E-state index contributed by atoms with van der Waals surface area (Å²) in [6.45, 7) is 3.69. The molecule has 4 heteroatoms. The Morgan fingerprint density at radius 2 is 2.22 bits per heavy atom. The van der Waals surface area contributed by atoms with Crippen LogP contribution in [-0.2, 0) is 6.54 Å². The fourth-order valence-electron chi connectivity index (χ4n) is 1.77. The Morgan fingerprint density at radius 3 is 2.78 bits per heavy atom. The van der Waals surface area contributed by atoms with Gasteiger partial charge in [-0.2, -0.15) is 5.26 Å². The lowest BCUT2D eigenvalue weighted by Crippen LogP contribution is -2.21. The standard InChI is InChI=1S/C14H13BrN2O/c1-2-17(10-13-4-3-7-18-13)12-6-5-11(9-16)14(15)8-12/h3-8H,2,10H2,1H3. The van der Waals surface area contributed by atoms with Crippen molar-refractivity contribution in [2.75, 3.05) is 11.4 Å². The molecular weight excluding hydrogens is 292 g/mol. The van der Waals surface area contributed by atoms with Gasteiger partial charge in [-0.3, -0.25) is 0 Å². The number of anilines is 1. The third-order valence-electron chi connectivity index (χ3n) is 2.75. The van der Waals surface area contributed by atoms with Gasteiger partial charge in [-0.05, 0) is 53.2 Å². The molecule has 0 aliphatic carbocycles. The largest absolute Gasteiger partial charge is 0.467 e. The maximum Gasteiger partial charge on any atom is 0.123 e. The van der Waals surface area contributed by atoms with E-state index in [0.29, 0.717) is 5.56 Å². The molecule has 0 spiro atoms. The summed E-state index contributed by atoms with van der Waals surface area (Å²) in [6, 6.07) is 11.7. The van der Waals surface area contributed by atoms with E-state index < -0.39 is 0 Å². The number of benzene rings is 1. The maximum atomic E-state index is 8.90. The van der Waals surface area contributed by atoms with E-state index in [-0.39, 0.29) is 0 Å². The van der Waals surface area contributed by atoms with Gasteiger partial charge < -0.3 is 9.32 Å². The van der Waals surface area contributed by atoms with Crippen LogP contribution in [0.3, 0.4) is 0 Å². The Kier molecular flexibility index (Phi) is 4.06. The zero-order valence-electron chi connectivity index (χ0n) is 10.1. The Bertz CT molecular complexity index is 558. The minimum atomic E-state index is 0.646. The van der Waals surface area contributed by atoms with Crippen LogP contribution in [0.15, 0.2) is 45.5 Å². The second kappa shape index (κ2) is 5.74. The van der Waals surface area contributed by atoms with Crippen LogP contribution in [0.25, 0.3) is 0 Å². The van der Waals surface area contributed by atoms with Crippen LogP contribution < -0.4 is 4.90 Å². The molecule has 18 heavy (non-hydrogen) atoms. The first-order chi connectivity index (χ1) is 8.74. The van der Waals surface area contributed by atoms with Crippen molar-refractivity contribution in [2.45, 2.75) is 13.5 Å². The van der Waals surface area contributed by atoms with E-state index in [0.717, 1.165) is 29.0 Å². The van der Waals surface area contributed by atoms with Crippen molar-refractivity contribution in [3.63, 3.8) is 0 Å². The minimum absolute atomic E-state index is 0.646. The van der Waals surface area contributed by atoms with Crippen LogP contribution in [0.2, 0.25) is 0 Å². The van der Waals surface area contributed by atoms with Gasteiger partial charge >= 0.3 is 0 Å². The van der Waals surface area contributed by atoms with Gasteiger partial charge in [0.25, 0.3) is 0 Å². The van der Waals surface area contributed by atoms with Crippen LogP contribution in [0, 0.1) is 11.3 Å². The van der Waals surface area contributed by atoms with E-state index in [9.17, 15) is 0 Å². The van der Waals surface area contributed by atoms with Crippen LogP contribution in [0.5, 0.6) is 0 Å². The van der Waals surface area contributed by atoms with E-state index in [1.165, 1.54) is 0 Å². The van der Waals surface area contributed by atoms with Gasteiger partial charge in [0.05, 0.1) is 18.4 Å². The molecule has 0 aliphatic heterocycles. The van der Waals surface area contributed by atoms with Gasteiger partial charge in [-0.25, -0.2) is 0 Å². The van der Waals surface area contributed by atoms with E-state index in [2.05, 4.69) is 33.8 Å². The molecule has 0 bridgehead atoms. The Morgan fingerprint density at radius 1 is 1.39 bits per heavy atom. The summed E-state index contributed by atoms with van der Waals surface area (Å²) in [5, 5.41) is 8.90. The van der Waals surface area contributed by atoms with Crippen molar-refractivity contribution in [1.82, 2.24) is 0 Å². The van der Waals surface area contributed by atoms with Gasteiger partial charge in [0.1, 0.15) is 11.8 Å². The molecule has 1 aromatic heterocycles. The molecule has 1 heterocycles. The van der Waals surface area contributed by atoms with E-state index in [1.807, 2.05) is 30.3 Å². The third-order valence-corrected chi connectivity index (χ3v) is 3.40. The van der Waals surface area contributed by atoms with E-state index in [1.54, 1.807) is 6.26 Å². The Balaban J connectivity index is 2.23. The van der Waals surface area contributed by atoms with Gasteiger partial charge in [-0.1, -0.05) is 0 Å². The highest BCUT2D eigenvalue weighted by atomic mass is 79.9. The van der Waals surface area contributed by atoms with Crippen molar-refractivity contribution in [2.24, 2.45) is 0 Å². The zero-order valence-corrected chi connectivity index (χ0v) is 11.6. The fraction of sp³-hybridized carbons (Fsp3) is 0.214. The summed E-state index contributed by atoms with van der Waals surface area (Å²) in [5.41, 5.74) is 1.72. The summed E-state index contributed by atoms with van der Waals surface area (Å²) in [4.78, 5) is 2.19. The second-order valence-corrected chi connectivity index (χ2v) is 4.72. The van der Waals surface area contributed by atoms with Crippen LogP contribution in [-0.4, -0.2) is 6.54 Å². The Labute approximate surface area is 115 Å². The van der Waals surface area contributed by atoms with Crippen molar-refractivity contribution >= 4 is 21.6 Å². The molecule has 0 atom stereocenters. The molecule has 0 amide bonds. The molecular formula is C14H13BrN2O. The van der Waals surface area contributed by atoms with Gasteiger partial charge in [0.2, 0.25) is 0 Å². The molecule has 92 valence electrons. The predicted octanol–water partition coefficient (Wildman–Crippen LogP) is 3.94. The summed E-state index contributed by atoms with van der Waals surface area (Å²) in [7, 11) is 0. The predicted molar refractivity (Wildman–Crippen MR) is 74.3 cm³/mol. The molecule has 3 nitrogen and oxygen atoms in total. The van der Waals surface area contributed by atoms with Gasteiger partial charge in [0.15, 0.2) is 0 Å². The highest BCUT2D eigenvalue weighted by Gasteiger charge is 2.09. The lowest BCUT2D eigenvalue weighted by Gasteiger charge is -2.22. The average Bonchev–Trinajstić information content (AvgIpc) is 2.88. The van der Waals surface area contributed by atoms with Crippen molar-refractivity contribution in [1.29, 1.82) is 5.26 Å². The number of rotatable bonds is 4. The fourth-order valence-corrected chi connectivity index (χ4v) is 2.22. The highest BCUT2D eigenvalue weighted by Crippen LogP contribution is 2.24. The molecule has 2 rings (SSSR count). The SMILES string of the molecule is CCN(Cc1ccco1)c1ccc(C#N)c(Br)c1. The first-order valence-corrected chi connectivity index (χ1v) is 6.51. The summed E-state index contributed by atoms with van der Waals surface area (Å²) in [5.74, 6) is 0.928. The molecule has 2 aromatic rings. The number of nitrogens with zero attached hydrogens (tertiary/aromatic N) is 2. The smallest absolute Gasteiger partial charge is 0.123 e. The molecule has 0 aliphatic rings. The topological polar surface area (TPSA) is 40.2 Å². The zero-order chi connectivity index (χ0) is 13.0. The summed E-state index contributed by atoms with van der Waals surface area (Å²) >= 11 is 3.41. The third kappa shape index (κ3) is 2.74. The van der Waals surface area contributed by atoms with E-state index >= 15 is 0 Å². The van der Waals surface area contributed by atoms with E-state index in [4.69, 9.17) is 9.68 Å². The molecule has 0 saturated heterocycles. The van der Waals surface area contributed by atoms with Crippen LogP contribution in [0.1, 0.15) is 18.2 Å². The van der Waals surface area contributed by atoms with Gasteiger partial charge in [0, 0.05) is 16.7 Å². The number of furan rings is 1. The van der Waals surface area contributed by atoms with Crippen LogP contribution >= 0.6 is 15.9 Å². The maximum absolute atomic E-state index is 8.90. The lowest BCUT2D eigenvalue weighted by molar-refractivity contribution is 0.503. The Hall–Kier alpha value is -1.73. The monoisotopic (exact) mass is 304 g/mol. The molecule has 0 fully saturated rings. The first-order valence-electron chi connectivity index (χ1n) is 5.71. The quantitative estimate of drug-likeness (QED) is 0.859. The van der Waals surface area contributed by atoms with Crippen molar-refractivity contribution in [3.05, 3.63) is 52.4 Å². The normalized spacial score (nSPS) is 10.1. The number of hydrogen-bond donors (Lipinski definition) is 0. The number of halogens is 1. The van der Waals surface area contributed by atoms with Crippen LogP contribution in [0.4, 0.5) is 5.69 Å². The summed E-state index contributed by atoms with van der Waals surface area (Å²) in [6.07, 6.45) is 1.68. The second-order valence-electron chi connectivity index (χ2n) is 3.87. The van der Waals surface area contributed by atoms with Crippen molar-refractivity contribution < 1.29 is 4.42 Å². The van der Waals surface area contributed by atoms with Crippen molar-refractivity contribution in [3.8, 4) is 6.07 Å². The molecule has 0 unspecified atom stereocenters. The first kappa shape index (κ1) is 12.7. The highest BCUT2D eigenvalue weighted by molar-refractivity contribution is 9.10. The number of nitriles is 1. The number of hydrogen-bond acceptors (Lipinski definition) is 3. The molecule has 1 aromatic carbocycles. The molecule has 0 saturated carbocycles. The average molecular weight is 305 g/mol. The molecule has 0 radical (unpaired) electrons. The van der Waals surface area contributed by atoms with Gasteiger partial charge in [-0.15, -0.1) is 0 Å². The lowest BCUT2D eigenvalue weighted by atomic mass is 10.2. The summed E-state index contributed by atoms with van der Waals surface area (Å²) < 4.78 is 6.18. The molecule has 0 N–H and O–H groups in total. The minimum Gasteiger partial charge on any atom is -0.467 e.